The van der Waals surface area contributed by atoms with Crippen molar-refractivity contribution in [2.75, 3.05) is 5.32 Å². The van der Waals surface area contributed by atoms with E-state index in [1.165, 1.54) is 16.9 Å². The molecule has 0 bridgehead atoms. The Hall–Kier alpha value is -2.11. The van der Waals surface area contributed by atoms with Crippen LogP contribution in [0.1, 0.15) is 20.8 Å². The molecule has 3 nitrogen and oxygen atoms in total. The first-order valence-corrected chi connectivity index (χ1v) is 9.00. The lowest BCUT2D eigenvalue weighted by Crippen LogP contribution is -2.09. The highest BCUT2D eigenvalue weighted by molar-refractivity contribution is 8.00. The first-order valence-electron chi connectivity index (χ1n) is 7.20. The highest BCUT2D eigenvalue weighted by atomic mass is 32.2. The van der Waals surface area contributed by atoms with Crippen LogP contribution >= 0.6 is 23.1 Å². The molecule has 0 fully saturated rings. The van der Waals surface area contributed by atoms with Gasteiger partial charge >= 0.3 is 0 Å². The summed E-state index contributed by atoms with van der Waals surface area (Å²) in [6.07, 6.45) is 3.59. The van der Waals surface area contributed by atoms with Crippen molar-refractivity contribution in [3.8, 4) is 0 Å². The number of thioether (sulfide) groups is 1. The number of hydrogen-bond acceptors (Lipinski definition) is 4. The third-order valence-corrected chi connectivity index (χ3v) is 5.59. The lowest BCUT2D eigenvalue weighted by atomic mass is 10.2. The number of pyridine rings is 1. The highest BCUT2D eigenvalue weighted by Gasteiger charge is 2.10. The van der Waals surface area contributed by atoms with Crippen molar-refractivity contribution in [3.05, 3.63) is 76.9 Å². The molecule has 1 aromatic carbocycles. The number of benzene rings is 1. The maximum absolute atomic E-state index is 12.3. The Kier molecular flexibility index (Phi) is 5.10. The summed E-state index contributed by atoms with van der Waals surface area (Å²) in [7, 11) is 0. The fourth-order valence-electron chi connectivity index (χ4n) is 2.07. The average Bonchev–Trinajstić information content (AvgIpc) is 3.03. The van der Waals surface area contributed by atoms with Crippen LogP contribution < -0.4 is 5.32 Å². The Bertz CT molecular complexity index is 800. The van der Waals surface area contributed by atoms with E-state index >= 15 is 0 Å². The van der Waals surface area contributed by atoms with E-state index in [2.05, 4.69) is 10.3 Å². The third kappa shape index (κ3) is 4.43. The molecule has 0 aliphatic carbocycles. The topological polar surface area (TPSA) is 42.0 Å². The predicted molar refractivity (Wildman–Crippen MR) is 97.2 cm³/mol. The van der Waals surface area contributed by atoms with Crippen LogP contribution in [0.2, 0.25) is 0 Å². The van der Waals surface area contributed by atoms with E-state index in [-0.39, 0.29) is 5.91 Å². The molecule has 0 aliphatic rings. The molecule has 1 amide bonds. The Morgan fingerprint density at radius 2 is 2.00 bits per heavy atom. The van der Waals surface area contributed by atoms with Gasteiger partial charge in [-0.1, -0.05) is 12.1 Å². The van der Waals surface area contributed by atoms with Crippen LogP contribution in [-0.4, -0.2) is 10.9 Å². The first kappa shape index (κ1) is 15.8. The molecule has 0 saturated heterocycles. The molecular weight excluding hydrogens is 324 g/mol. The summed E-state index contributed by atoms with van der Waals surface area (Å²) in [4.78, 5) is 17.0. The van der Waals surface area contributed by atoms with E-state index in [0.717, 1.165) is 26.1 Å². The summed E-state index contributed by atoms with van der Waals surface area (Å²) in [6.45, 7) is 2.01. The molecule has 3 aromatic rings. The lowest BCUT2D eigenvalue weighted by Gasteiger charge is -2.04. The van der Waals surface area contributed by atoms with E-state index in [9.17, 15) is 4.79 Å². The van der Waals surface area contributed by atoms with E-state index < -0.39 is 0 Å². The van der Waals surface area contributed by atoms with Crippen LogP contribution in [0.25, 0.3) is 0 Å². The average molecular weight is 340 g/mol. The van der Waals surface area contributed by atoms with Gasteiger partial charge in [-0.2, -0.15) is 0 Å². The van der Waals surface area contributed by atoms with Gasteiger partial charge in [-0.15, -0.1) is 23.1 Å². The number of nitrogens with one attached hydrogen (secondary N) is 1. The van der Waals surface area contributed by atoms with Crippen molar-refractivity contribution in [1.29, 1.82) is 0 Å². The monoisotopic (exact) mass is 340 g/mol. The van der Waals surface area contributed by atoms with Gasteiger partial charge in [0.2, 0.25) is 0 Å². The zero-order valence-corrected chi connectivity index (χ0v) is 14.3. The molecule has 0 radical (unpaired) electrons. The van der Waals surface area contributed by atoms with Crippen molar-refractivity contribution < 1.29 is 4.79 Å². The first-order chi connectivity index (χ1) is 11.2. The molecule has 116 valence electrons. The van der Waals surface area contributed by atoms with Gasteiger partial charge in [-0.05, 0) is 54.4 Å². The van der Waals surface area contributed by atoms with E-state index in [1.54, 1.807) is 24.2 Å². The summed E-state index contributed by atoms with van der Waals surface area (Å²) < 4.78 is 1.14. The van der Waals surface area contributed by atoms with Crippen molar-refractivity contribution >= 4 is 34.7 Å². The zero-order valence-electron chi connectivity index (χ0n) is 12.7. The lowest BCUT2D eigenvalue weighted by molar-refractivity contribution is 0.103. The number of anilines is 1. The summed E-state index contributed by atoms with van der Waals surface area (Å²) in [5, 5.41) is 2.94. The zero-order chi connectivity index (χ0) is 16.1. The minimum Gasteiger partial charge on any atom is -0.321 e. The van der Waals surface area contributed by atoms with Crippen LogP contribution in [0.4, 0.5) is 5.69 Å². The van der Waals surface area contributed by atoms with E-state index in [0.29, 0.717) is 0 Å². The summed E-state index contributed by atoms with van der Waals surface area (Å²) in [6, 6.07) is 15.7. The molecule has 2 aromatic heterocycles. The number of hydrogen-bond donors (Lipinski definition) is 1. The van der Waals surface area contributed by atoms with Crippen molar-refractivity contribution in [1.82, 2.24) is 4.98 Å². The molecule has 0 unspecified atom stereocenters. The van der Waals surface area contributed by atoms with Crippen molar-refractivity contribution in [2.45, 2.75) is 16.9 Å². The number of nitrogens with zero attached hydrogens (tertiary/aromatic N) is 1. The molecule has 1 N–H and O–H groups in total. The summed E-state index contributed by atoms with van der Waals surface area (Å²) >= 11 is 3.25. The number of amides is 1. The Labute approximate surface area is 143 Å². The Balaban J connectivity index is 1.61. The van der Waals surface area contributed by atoms with E-state index in [1.807, 2.05) is 55.5 Å². The second-order valence-corrected chi connectivity index (χ2v) is 7.45. The highest BCUT2D eigenvalue weighted by Crippen LogP contribution is 2.30. The van der Waals surface area contributed by atoms with Gasteiger partial charge in [-0.3, -0.25) is 9.78 Å². The van der Waals surface area contributed by atoms with Gasteiger partial charge in [0.15, 0.2) is 0 Å². The molecule has 23 heavy (non-hydrogen) atoms. The van der Waals surface area contributed by atoms with Gasteiger partial charge in [-0.25, -0.2) is 0 Å². The molecular formula is C18H16N2OS2. The van der Waals surface area contributed by atoms with Crippen LogP contribution in [0.15, 0.2) is 65.1 Å². The fraction of sp³-hybridized carbons (Fsp3) is 0.111. The summed E-state index contributed by atoms with van der Waals surface area (Å²) in [5.41, 5.74) is 3.18. The Morgan fingerprint density at radius 1 is 1.17 bits per heavy atom. The second-order valence-electron chi connectivity index (χ2n) is 5.09. The molecule has 5 heteroatoms. The molecule has 0 saturated carbocycles. The van der Waals surface area contributed by atoms with Gasteiger partial charge in [0.25, 0.3) is 5.91 Å². The SMILES string of the molecule is Cc1cccc(NC(=O)c2ccc(SCc3ccncc3)s2)c1. The second kappa shape index (κ2) is 7.44. The molecule has 2 heterocycles. The molecule has 0 atom stereocenters. The molecule has 0 aliphatic heterocycles. The van der Waals surface area contributed by atoms with Crippen LogP contribution in [-0.2, 0) is 5.75 Å². The van der Waals surface area contributed by atoms with Gasteiger partial charge < -0.3 is 5.32 Å². The maximum Gasteiger partial charge on any atom is 0.265 e. The van der Waals surface area contributed by atoms with E-state index in [4.69, 9.17) is 0 Å². The van der Waals surface area contributed by atoms with Crippen LogP contribution in [0.5, 0.6) is 0 Å². The predicted octanol–water partition coefficient (Wildman–Crippen LogP) is 5.00. The molecule has 3 rings (SSSR count). The number of rotatable bonds is 5. The van der Waals surface area contributed by atoms with Gasteiger partial charge in [0.05, 0.1) is 9.09 Å². The smallest absolute Gasteiger partial charge is 0.265 e. The Morgan fingerprint density at radius 3 is 2.78 bits per heavy atom. The number of thiophene rings is 1. The minimum absolute atomic E-state index is 0.0589. The van der Waals surface area contributed by atoms with Crippen molar-refractivity contribution in [2.24, 2.45) is 0 Å². The van der Waals surface area contributed by atoms with Crippen molar-refractivity contribution in [3.63, 3.8) is 0 Å². The van der Waals surface area contributed by atoms with Crippen LogP contribution in [0, 0.1) is 6.92 Å². The summed E-state index contributed by atoms with van der Waals surface area (Å²) in [5.74, 6) is 0.818. The third-order valence-electron chi connectivity index (χ3n) is 3.21. The quantitative estimate of drug-likeness (QED) is 0.665. The maximum atomic E-state index is 12.3. The number of aromatic nitrogens is 1. The minimum atomic E-state index is -0.0589. The number of carbonyl (C=O) groups excluding carboxylic acids is 1. The fourth-order valence-corrected chi connectivity index (χ4v) is 4.05. The van der Waals surface area contributed by atoms with Crippen LogP contribution in [0.3, 0.4) is 0 Å². The van der Waals surface area contributed by atoms with Gasteiger partial charge in [0.1, 0.15) is 0 Å². The van der Waals surface area contributed by atoms with Gasteiger partial charge in [0, 0.05) is 23.8 Å². The number of carbonyl (C=O) groups is 1. The normalized spacial score (nSPS) is 10.5. The largest absolute Gasteiger partial charge is 0.321 e. The molecule has 0 spiro atoms. The number of aryl methyl sites for hydroxylation is 1. The standard InChI is InChI=1S/C18H16N2OS2/c1-13-3-2-4-15(11-13)20-18(21)16-5-6-17(23-16)22-12-14-7-9-19-10-8-14/h2-11H,12H2,1H3,(H,20,21).